The van der Waals surface area contributed by atoms with Crippen LogP contribution in [-0.4, -0.2) is 11.9 Å². The highest BCUT2D eigenvalue weighted by atomic mass is 16.1. The Bertz CT molecular complexity index is 318. The van der Waals surface area contributed by atoms with Gasteiger partial charge in [-0.1, -0.05) is 36.5 Å². The highest BCUT2D eigenvalue weighted by molar-refractivity contribution is 5.88. The number of carbonyl (C=O) groups is 1. The minimum Gasteiger partial charge on any atom is -0.350 e. The molecule has 0 aliphatic heterocycles. The molecule has 1 rings (SSSR count). The Balaban J connectivity index is 2.30. The highest BCUT2D eigenvalue weighted by Gasteiger charge is 2.14. The van der Waals surface area contributed by atoms with E-state index in [1.54, 1.807) is 6.08 Å². The van der Waals surface area contributed by atoms with Gasteiger partial charge in [-0.15, -0.1) is 0 Å². The molecule has 1 aliphatic rings. The molecule has 2 heteroatoms. The first-order chi connectivity index (χ1) is 8.58. The zero-order chi connectivity index (χ0) is 13.4. The van der Waals surface area contributed by atoms with Gasteiger partial charge < -0.3 is 5.32 Å². The lowest BCUT2D eigenvalue weighted by atomic mass is 9.95. The average molecular weight is 249 g/mol. The van der Waals surface area contributed by atoms with E-state index in [0.29, 0.717) is 6.04 Å². The number of nitrogens with one attached hydrogen (secondary N) is 1. The molecule has 0 aromatic heterocycles. The van der Waals surface area contributed by atoms with Gasteiger partial charge in [0, 0.05) is 12.1 Å². The lowest BCUT2D eigenvalue weighted by Gasteiger charge is -2.22. The summed E-state index contributed by atoms with van der Waals surface area (Å²) in [6.07, 6.45) is 12.1. The van der Waals surface area contributed by atoms with Crippen molar-refractivity contribution in [1.29, 1.82) is 0 Å². The molecule has 1 aliphatic carbocycles. The van der Waals surface area contributed by atoms with Gasteiger partial charge in [0.1, 0.15) is 0 Å². The third-order valence-electron chi connectivity index (χ3n) is 3.42. The standard InChI is InChI=1S/C16H27NO/c1-13(2)8-7-9-14(3)12-16(18)17-15-10-5-4-6-11-15/h8,12,15H,4-7,9-11H2,1-3H3,(H,17,18)/b14-12+. The van der Waals surface area contributed by atoms with Gasteiger partial charge in [-0.3, -0.25) is 4.79 Å². The average Bonchev–Trinajstić information content (AvgIpc) is 2.29. The predicted molar refractivity (Wildman–Crippen MR) is 77.4 cm³/mol. The van der Waals surface area contributed by atoms with Crippen molar-refractivity contribution in [3.63, 3.8) is 0 Å². The van der Waals surface area contributed by atoms with Gasteiger partial charge >= 0.3 is 0 Å². The summed E-state index contributed by atoms with van der Waals surface area (Å²) in [7, 11) is 0. The number of amides is 1. The van der Waals surface area contributed by atoms with Crippen molar-refractivity contribution in [3.05, 3.63) is 23.3 Å². The molecule has 1 amide bonds. The summed E-state index contributed by atoms with van der Waals surface area (Å²) in [5.74, 6) is 0.0941. The summed E-state index contributed by atoms with van der Waals surface area (Å²) in [6.45, 7) is 6.25. The van der Waals surface area contributed by atoms with Crippen molar-refractivity contribution in [2.24, 2.45) is 0 Å². The monoisotopic (exact) mass is 249 g/mol. The molecule has 0 saturated heterocycles. The summed E-state index contributed by atoms with van der Waals surface area (Å²) in [4.78, 5) is 11.8. The molecule has 0 spiro atoms. The maximum atomic E-state index is 11.8. The smallest absolute Gasteiger partial charge is 0.244 e. The summed E-state index contributed by atoms with van der Waals surface area (Å²) in [5, 5.41) is 3.12. The molecule has 1 saturated carbocycles. The van der Waals surface area contributed by atoms with Crippen LogP contribution in [0.25, 0.3) is 0 Å². The van der Waals surface area contributed by atoms with Crippen molar-refractivity contribution in [3.8, 4) is 0 Å². The second-order valence-electron chi connectivity index (χ2n) is 5.65. The summed E-state index contributed by atoms with van der Waals surface area (Å²) >= 11 is 0. The third-order valence-corrected chi connectivity index (χ3v) is 3.42. The topological polar surface area (TPSA) is 29.1 Å². The van der Waals surface area contributed by atoms with E-state index in [4.69, 9.17) is 0 Å². The van der Waals surface area contributed by atoms with Gasteiger partial charge in [-0.25, -0.2) is 0 Å². The number of allylic oxidation sites excluding steroid dienone is 3. The molecule has 0 atom stereocenters. The largest absolute Gasteiger partial charge is 0.350 e. The molecule has 0 unspecified atom stereocenters. The molecular weight excluding hydrogens is 222 g/mol. The Labute approximate surface area is 112 Å². The zero-order valence-corrected chi connectivity index (χ0v) is 12.1. The van der Waals surface area contributed by atoms with Crippen LogP contribution in [0.15, 0.2) is 23.3 Å². The number of carbonyl (C=O) groups excluding carboxylic acids is 1. The minimum atomic E-state index is 0.0941. The molecule has 0 radical (unpaired) electrons. The Morgan fingerprint density at radius 1 is 1.17 bits per heavy atom. The van der Waals surface area contributed by atoms with Gasteiger partial charge in [0.25, 0.3) is 0 Å². The van der Waals surface area contributed by atoms with Crippen molar-refractivity contribution >= 4 is 5.91 Å². The van der Waals surface area contributed by atoms with E-state index in [1.807, 2.05) is 6.92 Å². The fraction of sp³-hybridized carbons (Fsp3) is 0.688. The van der Waals surface area contributed by atoms with Crippen molar-refractivity contribution < 1.29 is 4.79 Å². The first kappa shape index (κ1) is 15.0. The summed E-state index contributed by atoms with van der Waals surface area (Å²) < 4.78 is 0. The first-order valence-electron chi connectivity index (χ1n) is 7.19. The SMILES string of the molecule is CC(C)=CCC/C(C)=C/C(=O)NC1CCCCC1. The molecule has 2 nitrogen and oxygen atoms in total. The van der Waals surface area contributed by atoms with Crippen LogP contribution in [0.2, 0.25) is 0 Å². The van der Waals surface area contributed by atoms with Crippen LogP contribution < -0.4 is 5.32 Å². The van der Waals surface area contributed by atoms with Crippen LogP contribution in [0.3, 0.4) is 0 Å². The van der Waals surface area contributed by atoms with Crippen LogP contribution in [0.4, 0.5) is 0 Å². The lowest BCUT2D eigenvalue weighted by Crippen LogP contribution is -2.35. The Morgan fingerprint density at radius 3 is 2.44 bits per heavy atom. The Morgan fingerprint density at radius 2 is 1.83 bits per heavy atom. The highest BCUT2D eigenvalue weighted by Crippen LogP contribution is 2.17. The van der Waals surface area contributed by atoms with Crippen LogP contribution in [0, 0.1) is 0 Å². The van der Waals surface area contributed by atoms with Gasteiger partial charge in [0.05, 0.1) is 0 Å². The molecule has 1 fully saturated rings. The molecule has 0 aromatic rings. The number of rotatable bonds is 5. The van der Waals surface area contributed by atoms with E-state index in [1.165, 1.54) is 30.4 Å². The molecular formula is C16H27NO. The molecule has 0 bridgehead atoms. The van der Waals surface area contributed by atoms with E-state index >= 15 is 0 Å². The second-order valence-corrected chi connectivity index (χ2v) is 5.65. The fourth-order valence-corrected chi connectivity index (χ4v) is 2.37. The molecule has 0 aromatic carbocycles. The van der Waals surface area contributed by atoms with E-state index in [2.05, 4.69) is 25.2 Å². The summed E-state index contributed by atoms with van der Waals surface area (Å²) in [5.41, 5.74) is 2.51. The van der Waals surface area contributed by atoms with Gasteiger partial charge in [-0.05, 0) is 46.5 Å². The zero-order valence-electron chi connectivity index (χ0n) is 12.1. The lowest BCUT2D eigenvalue weighted by molar-refractivity contribution is -0.117. The van der Waals surface area contributed by atoms with Gasteiger partial charge in [0.2, 0.25) is 5.91 Å². The minimum absolute atomic E-state index is 0.0941. The number of hydrogen-bond donors (Lipinski definition) is 1. The molecule has 102 valence electrons. The number of hydrogen-bond acceptors (Lipinski definition) is 1. The van der Waals surface area contributed by atoms with Gasteiger partial charge in [0.15, 0.2) is 0 Å². The van der Waals surface area contributed by atoms with Crippen LogP contribution >= 0.6 is 0 Å². The van der Waals surface area contributed by atoms with Gasteiger partial charge in [-0.2, -0.15) is 0 Å². The van der Waals surface area contributed by atoms with E-state index < -0.39 is 0 Å². The van der Waals surface area contributed by atoms with Crippen LogP contribution in [0.5, 0.6) is 0 Å². The second kappa shape index (κ2) is 8.12. The molecule has 18 heavy (non-hydrogen) atoms. The van der Waals surface area contributed by atoms with Crippen molar-refractivity contribution in [2.45, 2.75) is 71.8 Å². The van der Waals surface area contributed by atoms with E-state index in [9.17, 15) is 4.79 Å². The Kier molecular flexibility index (Phi) is 6.77. The van der Waals surface area contributed by atoms with Crippen LogP contribution in [-0.2, 0) is 4.79 Å². The quantitative estimate of drug-likeness (QED) is 0.576. The third kappa shape index (κ3) is 6.63. The fourth-order valence-electron chi connectivity index (χ4n) is 2.37. The Hall–Kier alpha value is -1.05. The molecule has 0 heterocycles. The first-order valence-corrected chi connectivity index (χ1v) is 7.19. The predicted octanol–water partition coefficient (Wildman–Crippen LogP) is 4.13. The maximum Gasteiger partial charge on any atom is 0.244 e. The van der Waals surface area contributed by atoms with E-state index in [0.717, 1.165) is 25.7 Å². The normalized spacial score (nSPS) is 17.4. The summed E-state index contributed by atoms with van der Waals surface area (Å²) in [6, 6.07) is 0.410. The maximum absolute atomic E-state index is 11.8. The molecule has 1 N–H and O–H groups in total. The van der Waals surface area contributed by atoms with Crippen molar-refractivity contribution in [2.75, 3.05) is 0 Å². The van der Waals surface area contributed by atoms with E-state index in [-0.39, 0.29) is 5.91 Å². The van der Waals surface area contributed by atoms with Crippen LogP contribution in [0.1, 0.15) is 65.7 Å². The van der Waals surface area contributed by atoms with Crippen molar-refractivity contribution in [1.82, 2.24) is 5.32 Å².